The van der Waals surface area contributed by atoms with Crippen LogP contribution in [0.1, 0.15) is 158 Å². The molecule has 0 saturated carbocycles. The number of carboxylic acids is 1. The number of aliphatic hydroxyl groups is 4. The van der Waals surface area contributed by atoms with Gasteiger partial charge in [0.25, 0.3) is 41.1 Å². The summed E-state index contributed by atoms with van der Waals surface area (Å²) in [5.41, 5.74) is 5.17. The number of benzene rings is 8. The van der Waals surface area contributed by atoms with Gasteiger partial charge in [-0.2, -0.15) is 0 Å². The summed E-state index contributed by atoms with van der Waals surface area (Å²) in [7, 11) is 8.46. The second-order valence-corrected chi connectivity index (χ2v) is 35.9. The highest BCUT2D eigenvalue weighted by Crippen LogP contribution is 2.38. The number of aromatic carboxylic acids is 1. The third-order valence-corrected chi connectivity index (χ3v) is 26.5. The van der Waals surface area contributed by atoms with Crippen molar-refractivity contribution < 1.29 is 92.7 Å². The van der Waals surface area contributed by atoms with Crippen LogP contribution in [-0.2, 0) is 40.0 Å². The van der Waals surface area contributed by atoms with E-state index in [9.17, 15) is 68.7 Å². The maximum Gasteiger partial charge on any atom is 0.418 e. The van der Waals surface area contributed by atoms with Crippen LogP contribution in [-0.4, -0.2) is 307 Å². The average molecular weight is 1950 g/mol. The van der Waals surface area contributed by atoms with Crippen LogP contribution < -0.4 is 19.5 Å². The molecule has 4 aromatic heterocycles. The number of aromatic hydroxyl groups is 1. The van der Waals surface area contributed by atoms with Gasteiger partial charge in [0.1, 0.15) is 28.6 Å². The first-order chi connectivity index (χ1) is 65.0. The van der Waals surface area contributed by atoms with Crippen LogP contribution in [0.25, 0.3) is 43.6 Å². The number of fused-ring (bicyclic) bond motifs is 4. The van der Waals surface area contributed by atoms with Crippen molar-refractivity contribution in [1.82, 2.24) is 59.1 Å². The molecule has 31 nitrogen and oxygen atoms in total. The van der Waals surface area contributed by atoms with Crippen LogP contribution in [0.15, 0.2) is 207 Å². The number of amides is 5. The van der Waals surface area contributed by atoms with Crippen LogP contribution >= 0.6 is 24.8 Å². The van der Waals surface area contributed by atoms with Crippen molar-refractivity contribution in [2.45, 2.75) is 121 Å². The third-order valence-electron chi connectivity index (χ3n) is 26.5. The number of halogens is 2. The molecule has 18 rings (SSSR count). The number of H-pyrrole nitrogens is 3. The van der Waals surface area contributed by atoms with E-state index in [-0.39, 0.29) is 110 Å². The van der Waals surface area contributed by atoms with Gasteiger partial charge in [0.2, 0.25) is 0 Å². The maximum absolute atomic E-state index is 13.6. The van der Waals surface area contributed by atoms with Gasteiger partial charge in [0, 0.05) is 204 Å². The van der Waals surface area contributed by atoms with Gasteiger partial charge in [0.15, 0.2) is 0 Å². The van der Waals surface area contributed by atoms with Crippen LogP contribution in [0.4, 0.5) is 4.79 Å². The number of aromatic amines is 3. The molecule has 0 aliphatic carbocycles. The second-order valence-electron chi connectivity index (χ2n) is 35.9. The van der Waals surface area contributed by atoms with Crippen molar-refractivity contribution in [3.63, 3.8) is 0 Å². The number of piperidine rings is 4. The van der Waals surface area contributed by atoms with Gasteiger partial charge in [-0.05, 0) is 144 Å². The number of carbonyl (C=O) groups excluding carboxylic acids is 8. The Morgan fingerprint density at radius 2 is 0.727 bits per heavy atom. The van der Waals surface area contributed by atoms with Crippen LogP contribution in [0.3, 0.4) is 0 Å². The molecular formula is C106H130Cl2N12O19. The standard InChI is InChI=1S/C31H36N4O7.C29H34N4O5.C22H24N2O3.C12H17NO.C10H9NO3.2CH4.2ClH/c1-3-42-30(40)35-20-24(27(37)29(39)34-15-13-32(2)14-16-34)22-17-23(26(36)18-25(22)35)28(38)33-11-9-31(41,10-12-33)19-21-7-5-4-6-8-21;1-31-12-14-33(15-13-31)28(36)26(34)23-19-30-24-17-25(38-2)22(16-21(23)24)27(35)32-10-8-29(37,9-11-32)18-20-6-4-3-5-7-20;1-27-20-14-19-17(7-10-23-19)13-18(20)21(25)24-11-8-22(26,9-12-24)15-16-5-3-2-4-6-16;14-12(6-8-13-9-7-12)10-11-4-2-1-3-5-11;1-14-9-5-8-6(2-3-11-8)4-7(9)10(12)13;;;;/h4-8,17-18,20,36,41H,3,9-16,19H2,1-2H3;3-7,16-17,19,30,37H,8-15,18H2,1-2H3;2-7,10,13-14,23,26H,8-9,11-12,15H2,1H3;1-5,13-14H,6-10H2;2-5,11H,1H3,(H,12,13);2*1H4;2*1H. The lowest BCUT2D eigenvalue weighted by atomic mass is 9.85. The summed E-state index contributed by atoms with van der Waals surface area (Å²) in [5, 5.41) is 69.1. The molecule has 139 heavy (non-hydrogen) atoms. The van der Waals surface area contributed by atoms with Gasteiger partial charge in [-0.15, -0.1) is 24.8 Å². The maximum atomic E-state index is 13.6. The lowest BCUT2D eigenvalue weighted by Gasteiger charge is -2.38. The molecule has 6 aliphatic heterocycles. The fourth-order valence-electron chi connectivity index (χ4n) is 18.4. The fourth-order valence-corrected chi connectivity index (χ4v) is 18.4. The Kier molecular flexibility index (Phi) is 37.8. The first kappa shape index (κ1) is 108. The molecule has 6 fully saturated rings. The number of phenolic OH excluding ortho intramolecular Hbond substituents is 1. The Morgan fingerprint density at radius 3 is 1.11 bits per heavy atom. The quantitative estimate of drug-likeness (QED) is 0.0250. The number of phenols is 1. The van der Waals surface area contributed by atoms with Gasteiger partial charge < -0.3 is 104 Å². The molecule has 12 aromatic rings. The Balaban J connectivity index is 0.000000188. The number of nitrogens with one attached hydrogen (secondary N) is 4. The van der Waals surface area contributed by atoms with Crippen molar-refractivity contribution >= 4 is 122 Å². The molecule has 5 amide bonds. The first-order valence-electron chi connectivity index (χ1n) is 45.9. The third kappa shape index (κ3) is 26.5. The van der Waals surface area contributed by atoms with Crippen molar-refractivity contribution in [2.24, 2.45) is 0 Å². The summed E-state index contributed by atoms with van der Waals surface area (Å²) >= 11 is 0. The molecule has 0 radical (unpaired) electrons. The van der Waals surface area contributed by atoms with E-state index in [0.717, 1.165) is 88.5 Å². The van der Waals surface area contributed by atoms with Crippen LogP contribution in [0.5, 0.6) is 23.0 Å². The lowest BCUT2D eigenvalue weighted by Crippen LogP contribution is -2.49. The summed E-state index contributed by atoms with van der Waals surface area (Å²) in [6, 6.07) is 56.5. The number of methoxy groups -OCH3 is 3. The number of hydrogen-bond donors (Lipinski definition) is 10. The number of carbonyl (C=O) groups is 9. The zero-order valence-electron chi connectivity index (χ0n) is 78.0. The van der Waals surface area contributed by atoms with E-state index in [0.29, 0.717) is 163 Å². The molecule has 6 aliphatic rings. The summed E-state index contributed by atoms with van der Waals surface area (Å²) in [6.07, 6.45) is 12.5. The average Bonchev–Trinajstić information content (AvgIpc) is 1.63. The van der Waals surface area contributed by atoms with Crippen LogP contribution in [0.2, 0.25) is 0 Å². The van der Waals surface area contributed by atoms with E-state index in [1.54, 1.807) is 59.2 Å². The Bertz CT molecular complexity index is 6180. The molecule has 6 saturated heterocycles. The Morgan fingerprint density at radius 1 is 0.381 bits per heavy atom. The van der Waals surface area contributed by atoms with E-state index >= 15 is 0 Å². The molecule has 10 N–H and O–H groups in total. The van der Waals surface area contributed by atoms with E-state index in [1.165, 1.54) is 49.2 Å². The van der Waals surface area contributed by atoms with Gasteiger partial charge in [-0.25, -0.2) is 9.59 Å². The van der Waals surface area contributed by atoms with Crippen molar-refractivity contribution in [1.29, 1.82) is 0 Å². The van der Waals surface area contributed by atoms with Gasteiger partial charge >= 0.3 is 12.1 Å². The number of aromatic nitrogens is 4. The molecule has 10 heterocycles. The van der Waals surface area contributed by atoms with Crippen molar-refractivity contribution in [2.75, 3.05) is 147 Å². The monoisotopic (exact) mass is 1940 g/mol. The molecule has 0 spiro atoms. The highest BCUT2D eigenvalue weighted by molar-refractivity contribution is 6.45. The van der Waals surface area contributed by atoms with E-state index < -0.39 is 63.8 Å². The minimum atomic E-state index is -0.982. The number of Topliss-reactive ketones (excluding diaryl/α,β-unsaturated/α-hetero) is 2. The van der Waals surface area contributed by atoms with Gasteiger partial charge in [-0.3, -0.25) is 38.1 Å². The summed E-state index contributed by atoms with van der Waals surface area (Å²) in [4.78, 5) is 138. The van der Waals surface area contributed by atoms with E-state index in [1.807, 2.05) is 159 Å². The van der Waals surface area contributed by atoms with Gasteiger partial charge in [0.05, 0.1) is 83.7 Å². The molecule has 0 bridgehead atoms. The SMILES string of the molecule is C.C.CCOC(=O)n1cc(C(=O)C(=O)N2CCN(C)CC2)c2cc(C(=O)N3CCC(O)(Cc4ccccc4)CC3)c(O)cc21.COc1cc2[nH]cc(C(=O)C(=O)N3CCN(C)CC3)c2cc1C(=O)N1CCC(O)(Cc2ccccc2)CC1.COc1cc2[nH]ccc2cc1C(=O)N1CCC(O)(Cc2ccccc2)CC1.COc1cc2[nH]ccc2cc1C(=O)O.Cl.Cl.OC1(Cc2ccccc2)CCNCC1. The highest BCUT2D eigenvalue weighted by Gasteiger charge is 2.41. The number of likely N-dealkylation sites (tertiary alicyclic amines) is 3. The normalized spacial score (nSPS) is 16.5. The number of ether oxygens (including phenoxy) is 4. The first-order valence-corrected chi connectivity index (χ1v) is 45.9. The van der Waals surface area contributed by atoms with E-state index in [2.05, 4.69) is 42.2 Å². The van der Waals surface area contributed by atoms with Crippen molar-refractivity contribution in [3.05, 3.63) is 262 Å². The number of nitrogens with zero attached hydrogens (tertiary/aromatic N) is 8. The smallest absolute Gasteiger partial charge is 0.418 e. The minimum absolute atomic E-state index is 0. The zero-order chi connectivity index (χ0) is 95.7. The fraction of sp³-hybridized carbons (Fsp3) is 0.387. The second kappa shape index (κ2) is 48.6. The summed E-state index contributed by atoms with van der Waals surface area (Å²) in [6.45, 7) is 10.5. The van der Waals surface area contributed by atoms with Crippen molar-refractivity contribution in [3.8, 4) is 23.0 Å². The highest BCUT2D eigenvalue weighted by atomic mass is 35.5. The predicted octanol–water partition coefficient (Wildman–Crippen LogP) is 13.6. The zero-order valence-corrected chi connectivity index (χ0v) is 79.7. The van der Waals surface area contributed by atoms with E-state index in [4.69, 9.17) is 24.1 Å². The van der Waals surface area contributed by atoms with Crippen LogP contribution in [0, 0.1) is 0 Å². The number of piperazine rings is 2. The molecule has 8 aromatic carbocycles. The summed E-state index contributed by atoms with van der Waals surface area (Å²) in [5.74, 6) is -3.39. The molecular weight excluding hydrogens is 1820 g/mol. The Hall–Kier alpha value is -13.0. The largest absolute Gasteiger partial charge is 0.507 e. The summed E-state index contributed by atoms with van der Waals surface area (Å²) < 4.78 is 22.1. The number of rotatable bonds is 20. The predicted molar refractivity (Wildman–Crippen MR) is 540 cm³/mol. The number of carboxylic acid groups (broad SMARTS) is 1. The molecule has 33 heteroatoms. The molecule has 0 atom stereocenters. The number of hydrogen-bond acceptors (Lipinski definition) is 21. The number of ketones is 2. The topological polar surface area (TPSA) is 399 Å². The Labute approximate surface area is 822 Å². The lowest BCUT2D eigenvalue weighted by molar-refractivity contribution is -0.128. The van der Waals surface area contributed by atoms with Gasteiger partial charge in [-0.1, -0.05) is 136 Å². The minimum Gasteiger partial charge on any atom is -0.507 e. The molecule has 0 unspecified atom stereocenters. The molecule has 742 valence electrons. The number of likely N-dealkylation sites (N-methyl/N-ethyl adjacent to an activating group) is 2.